The molecule has 176 valence electrons. The van der Waals surface area contributed by atoms with E-state index in [-0.39, 0.29) is 29.6 Å². The van der Waals surface area contributed by atoms with Crippen LogP contribution >= 0.6 is 0 Å². The highest BCUT2D eigenvalue weighted by molar-refractivity contribution is 6.15. The molecule has 1 atom stereocenters. The monoisotopic (exact) mass is 449 g/mol. The SMILES string of the molecule is Cc1ccc2c(c1)CN(C1CCC(=O)NC1=O)C2=O.[B]C1(NC2CCCCC2)CCCCC1. The van der Waals surface area contributed by atoms with Crippen molar-refractivity contribution in [3.05, 3.63) is 34.9 Å². The lowest BCUT2D eigenvalue weighted by molar-refractivity contribution is -0.136. The van der Waals surface area contributed by atoms with Crippen molar-refractivity contribution in [2.75, 3.05) is 0 Å². The van der Waals surface area contributed by atoms with Gasteiger partial charge in [-0.3, -0.25) is 19.7 Å². The van der Waals surface area contributed by atoms with Crippen molar-refractivity contribution in [1.82, 2.24) is 15.5 Å². The molecular weight excluding hydrogens is 413 g/mol. The Morgan fingerprint density at radius 3 is 2.39 bits per heavy atom. The van der Waals surface area contributed by atoms with E-state index in [1.807, 2.05) is 19.1 Å². The Morgan fingerprint density at radius 2 is 1.70 bits per heavy atom. The predicted octanol–water partition coefficient (Wildman–Crippen LogP) is 3.49. The molecular formula is C26H36BN3O3. The first-order chi connectivity index (χ1) is 15.8. The lowest BCUT2D eigenvalue weighted by Crippen LogP contribution is -2.52. The quantitative estimate of drug-likeness (QED) is 0.547. The zero-order chi connectivity index (χ0) is 23.4. The molecule has 2 aliphatic heterocycles. The normalized spacial score (nSPS) is 25.2. The van der Waals surface area contributed by atoms with Gasteiger partial charge in [-0.1, -0.05) is 56.2 Å². The van der Waals surface area contributed by atoms with Crippen LogP contribution in [0.25, 0.3) is 0 Å². The van der Waals surface area contributed by atoms with E-state index in [2.05, 4.69) is 10.6 Å². The van der Waals surface area contributed by atoms with Crippen molar-refractivity contribution in [3.63, 3.8) is 0 Å². The number of piperidine rings is 1. The average molecular weight is 449 g/mol. The summed E-state index contributed by atoms with van der Waals surface area (Å²) in [5.74, 6) is -0.750. The van der Waals surface area contributed by atoms with Gasteiger partial charge in [0.1, 0.15) is 6.04 Å². The molecule has 2 N–H and O–H groups in total. The third-order valence-electron chi connectivity index (χ3n) is 7.52. The van der Waals surface area contributed by atoms with Gasteiger partial charge in [0.15, 0.2) is 0 Å². The second-order valence-electron chi connectivity index (χ2n) is 10.3. The van der Waals surface area contributed by atoms with E-state index in [0.29, 0.717) is 24.6 Å². The maximum atomic E-state index is 12.3. The number of nitrogens with one attached hydrogen (secondary N) is 2. The number of carbonyl (C=O) groups is 3. The summed E-state index contributed by atoms with van der Waals surface area (Å²) < 4.78 is 0. The number of imide groups is 1. The number of amides is 3. The number of fused-ring (bicyclic) bond motifs is 1. The van der Waals surface area contributed by atoms with Crippen molar-refractivity contribution in [2.24, 2.45) is 0 Å². The fourth-order valence-corrected chi connectivity index (χ4v) is 5.68. The molecule has 7 heteroatoms. The van der Waals surface area contributed by atoms with Gasteiger partial charge in [-0.05, 0) is 56.1 Å². The van der Waals surface area contributed by atoms with Crippen LogP contribution in [0, 0.1) is 6.92 Å². The van der Waals surface area contributed by atoms with Gasteiger partial charge in [-0.25, -0.2) is 0 Å². The van der Waals surface area contributed by atoms with Crippen LogP contribution in [-0.2, 0) is 16.1 Å². The van der Waals surface area contributed by atoms with Gasteiger partial charge < -0.3 is 10.2 Å². The molecule has 5 rings (SSSR count). The Hall–Kier alpha value is -2.15. The number of nitrogens with zero attached hydrogens (tertiary/aromatic N) is 1. The van der Waals surface area contributed by atoms with Crippen LogP contribution in [0.3, 0.4) is 0 Å². The molecule has 0 bridgehead atoms. The van der Waals surface area contributed by atoms with E-state index in [1.54, 1.807) is 11.0 Å². The molecule has 0 spiro atoms. The smallest absolute Gasteiger partial charge is 0.255 e. The van der Waals surface area contributed by atoms with E-state index < -0.39 is 6.04 Å². The van der Waals surface area contributed by atoms with Crippen LogP contribution in [0.5, 0.6) is 0 Å². The summed E-state index contributed by atoms with van der Waals surface area (Å²) in [5.41, 5.74) is 2.70. The topological polar surface area (TPSA) is 78.5 Å². The number of benzene rings is 1. The Bertz CT molecular complexity index is 891. The fourth-order valence-electron chi connectivity index (χ4n) is 5.68. The van der Waals surface area contributed by atoms with E-state index >= 15 is 0 Å². The van der Waals surface area contributed by atoms with Gasteiger partial charge in [-0.15, -0.1) is 0 Å². The van der Waals surface area contributed by atoms with Crippen LogP contribution in [0.1, 0.15) is 98.5 Å². The van der Waals surface area contributed by atoms with Crippen molar-refractivity contribution in [3.8, 4) is 0 Å². The zero-order valence-corrected chi connectivity index (χ0v) is 19.8. The molecule has 2 saturated carbocycles. The van der Waals surface area contributed by atoms with E-state index in [9.17, 15) is 14.4 Å². The Labute approximate surface area is 198 Å². The molecule has 1 aromatic rings. The highest BCUT2D eigenvalue weighted by atomic mass is 16.2. The first-order valence-corrected chi connectivity index (χ1v) is 12.7. The Kier molecular flexibility index (Phi) is 7.57. The van der Waals surface area contributed by atoms with E-state index in [4.69, 9.17) is 7.85 Å². The Morgan fingerprint density at radius 1 is 1.00 bits per heavy atom. The fraction of sp³-hybridized carbons (Fsp3) is 0.654. The predicted molar refractivity (Wildman–Crippen MR) is 129 cm³/mol. The number of hydrogen-bond acceptors (Lipinski definition) is 4. The maximum Gasteiger partial charge on any atom is 0.255 e. The van der Waals surface area contributed by atoms with Crippen LogP contribution in [0.2, 0.25) is 0 Å². The standard InChI is InChI=1S/C14H14N2O3.C12H22BN/c1-8-2-3-10-9(6-8)7-16(14(10)19)11-4-5-12(17)15-13(11)18;13-12(9-5-2-6-10-12)14-11-7-3-1-4-8-11/h2-3,6,11H,4-5,7H2,1H3,(H,15,17,18);11,14H,1-10H2. The first kappa shape index (κ1) is 24.0. The summed E-state index contributed by atoms with van der Waals surface area (Å²) >= 11 is 0. The van der Waals surface area contributed by atoms with Crippen LogP contribution in [0.15, 0.2) is 18.2 Å². The minimum absolute atomic E-state index is 0.0136. The van der Waals surface area contributed by atoms with Gasteiger partial charge >= 0.3 is 0 Å². The molecule has 1 unspecified atom stereocenters. The molecule has 3 amide bonds. The lowest BCUT2D eigenvalue weighted by Gasteiger charge is -2.40. The summed E-state index contributed by atoms with van der Waals surface area (Å²) in [6.45, 7) is 2.42. The highest BCUT2D eigenvalue weighted by Gasteiger charge is 2.38. The third kappa shape index (κ3) is 5.86. The minimum atomic E-state index is -0.530. The molecule has 2 aliphatic carbocycles. The molecule has 6 nitrogen and oxygen atoms in total. The number of aryl methyl sites for hydroxylation is 1. The summed E-state index contributed by atoms with van der Waals surface area (Å²) in [7, 11) is 6.38. The number of rotatable bonds is 3. The third-order valence-corrected chi connectivity index (χ3v) is 7.52. The van der Waals surface area contributed by atoms with Gasteiger partial charge in [0.25, 0.3) is 5.91 Å². The van der Waals surface area contributed by atoms with Crippen molar-refractivity contribution in [1.29, 1.82) is 0 Å². The van der Waals surface area contributed by atoms with E-state index in [1.165, 1.54) is 64.2 Å². The second kappa shape index (κ2) is 10.4. The van der Waals surface area contributed by atoms with Gasteiger partial charge in [0.05, 0.1) is 7.85 Å². The number of hydrogen-bond donors (Lipinski definition) is 2. The Balaban J connectivity index is 0.000000165. The van der Waals surface area contributed by atoms with Gasteiger partial charge in [0.2, 0.25) is 11.8 Å². The minimum Gasteiger partial charge on any atom is -0.322 e. The molecule has 1 saturated heterocycles. The van der Waals surface area contributed by atoms with Crippen molar-refractivity contribution in [2.45, 2.75) is 108 Å². The molecule has 3 fully saturated rings. The molecule has 2 heterocycles. The number of carbonyl (C=O) groups excluding carboxylic acids is 3. The molecule has 0 aromatic heterocycles. The highest BCUT2D eigenvalue weighted by Crippen LogP contribution is 2.29. The molecule has 2 radical (unpaired) electrons. The van der Waals surface area contributed by atoms with Crippen molar-refractivity contribution < 1.29 is 14.4 Å². The van der Waals surface area contributed by atoms with Gasteiger partial charge in [0, 0.05) is 24.6 Å². The molecule has 1 aromatic carbocycles. The van der Waals surface area contributed by atoms with Crippen LogP contribution in [-0.4, -0.2) is 48.0 Å². The summed E-state index contributed by atoms with van der Waals surface area (Å²) in [4.78, 5) is 36.8. The lowest BCUT2D eigenvalue weighted by atomic mass is 9.66. The summed E-state index contributed by atoms with van der Waals surface area (Å²) in [6.07, 6.45) is 14.0. The van der Waals surface area contributed by atoms with Crippen LogP contribution < -0.4 is 10.6 Å². The summed E-state index contributed by atoms with van der Waals surface area (Å²) in [6, 6.07) is 5.85. The van der Waals surface area contributed by atoms with Gasteiger partial charge in [-0.2, -0.15) is 0 Å². The largest absolute Gasteiger partial charge is 0.322 e. The molecule has 4 aliphatic rings. The average Bonchev–Trinajstić information content (AvgIpc) is 3.10. The maximum absolute atomic E-state index is 12.3. The summed E-state index contributed by atoms with van der Waals surface area (Å²) in [5, 5.41) is 6.01. The van der Waals surface area contributed by atoms with Crippen molar-refractivity contribution >= 4 is 25.6 Å². The molecule has 33 heavy (non-hydrogen) atoms. The van der Waals surface area contributed by atoms with Crippen LogP contribution in [0.4, 0.5) is 0 Å². The zero-order valence-electron chi connectivity index (χ0n) is 19.8. The first-order valence-electron chi connectivity index (χ1n) is 12.7. The van der Waals surface area contributed by atoms with E-state index in [0.717, 1.165) is 11.1 Å². The second-order valence-corrected chi connectivity index (χ2v) is 10.3.